The van der Waals surface area contributed by atoms with Crippen molar-refractivity contribution in [2.75, 3.05) is 30.3 Å². The zero-order valence-electron chi connectivity index (χ0n) is 15.1. The second-order valence-corrected chi connectivity index (χ2v) is 10.4. The highest BCUT2D eigenvalue weighted by atomic mass is 32.2. The van der Waals surface area contributed by atoms with Gasteiger partial charge in [-0.2, -0.15) is 4.31 Å². The predicted molar refractivity (Wildman–Crippen MR) is 103 cm³/mol. The van der Waals surface area contributed by atoms with Gasteiger partial charge in [0.05, 0.1) is 22.4 Å². The Morgan fingerprint density at radius 3 is 2.43 bits per heavy atom. The van der Waals surface area contributed by atoms with Crippen LogP contribution in [0.5, 0.6) is 0 Å². The predicted octanol–water partition coefficient (Wildman–Crippen LogP) is 0.980. The first kappa shape index (κ1) is 18.1. The van der Waals surface area contributed by atoms with E-state index in [9.17, 15) is 22.8 Å². The Hall–Kier alpha value is -1.91. The fourth-order valence-corrected chi connectivity index (χ4v) is 6.95. The number of hydrogen-bond donors (Lipinski definition) is 0. The number of anilines is 1. The van der Waals surface area contributed by atoms with Crippen molar-refractivity contribution in [2.45, 2.75) is 36.6 Å². The molecule has 3 amide bonds. The number of carbonyl (C=O) groups is 3. The first-order valence-corrected chi connectivity index (χ1v) is 11.7. The topological polar surface area (TPSA) is 95.1 Å². The van der Waals surface area contributed by atoms with Gasteiger partial charge in [0.2, 0.25) is 21.8 Å². The molecule has 4 heterocycles. The molecule has 1 atom stereocenters. The van der Waals surface area contributed by atoms with E-state index in [4.69, 9.17) is 0 Å². The molecule has 0 aliphatic carbocycles. The van der Waals surface area contributed by atoms with Gasteiger partial charge in [-0.05, 0) is 42.5 Å². The molecule has 2 saturated heterocycles. The first-order valence-electron chi connectivity index (χ1n) is 9.31. The zero-order valence-corrected chi connectivity index (χ0v) is 16.7. The molecular weight excluding hydrogens is 402 g/mol. The van der Waals surface area contributed by atoms with Crippen LogP contribution in [0, 0.1) is 0 Å². The van der Waals surface area contributed by atoms with Crippen LogP contribution in [-0.4, -0.2) is 66.1 Å². The van der Waals surface area contributed by atoms with Crippen LogP contribution in [0.25, 0.3) is 0 Å². The molecule has 1 aromatic carbocycles. The van der Waals surface area contributed by atoms with Crippen molar-refractivity contribution in [1.29, 1.82) is 0 Å². The lowest BCUT2D eigenvalue weighted by Gasteiger charge is -2.26. The molecule has 1 unspecified atom stereocenters. The maximum Gasteiger partial charge on any atom is 0.289 e. The van der Waals surface area contributed by atoms with Crippen molar-refractivity contribution in [3.05, 3.63) is 23.3 Å². The second kappa shape index (κ2) is 6.30. The molecule has 5 rings (SSSR count). The number of nitrogens with zero attached hydrogens (tertiary/aromatic N) is 3. The fraction of sp³-hybridized carbons (Fsp3) is 0.500. The molecule has 2 fully saturated rings. The molecule has 0 saturated carbocycles. The molecule has 8 nitrogen and oxygen atoms in total. The van der Waals surface area contributed by atoms with Gasteiger partial charge in [0, 0.05) is 26.1 Å². The Morgan fingerprint density at radius 2 is 1.71 bits per heavy atom. The Labute approximate surface area is 166 Å². The SMILES string of the molecule is O=C1CCc2cc(S(=O)(=O)N3CCC(N4C(=O)CSC4=O)C3)cc3c2N1CC3. The van der Waals surface area contributed by atoms with Crippen LogP contribution in [0.1, 0.15) is 24.0 Å². The third kappa shape index (κ3) is 2.61. The molecule has 0 N–H and O–H groups in total. The van der Waals surface area contributed by atoms with Crippen molar-refractivity contribution in [3.8, 4) is 0 Å². The summed E-state index contributed by atoms with van der Waals surface area (Å²) < 4.78 is 27.9. The lowest BCUT2D eigenvalue weighted by Crippen LogP contribution is -2.41. The van der Waals surface area contributed by atoms with Gasteiger partial charge in [0.1, 0.15) is 0 Å². The quantitative estimate of drug-likeness (QED) is 0.722. The summed E-state index contributed by atoms with van der Waals surface area (Å²) in [5, 5.41) is -0.291. The number of carbonyl (C=O) groups excluding carboxylic acids is 3. The summed E-state index contributed by atoms with van der Waals surface area (Å²) in [4.78, 5) is 39.2. The zero-order chi connectivity index (χ0) is 19.6. The van der Waals surface area contributed by atoms with Crippen molar-refractivity contribution < 1.29 is 22.8 Å². The minimum Gasteiger partial charge on any atom is -0.312 e. The minimum absolute atomic E-state index is 0.0991. The third-order valence-corrected chi connectivity index (χ3v) is 8.62. The van der Waals surface area contributed by atoms with Crippen LogP contribution in [-0.2, 0) is 32.5 Å². The van der Waals surface area contributed by atoms with Gasteiger partial charge in [0.25, 0.3) is 5.24 Å². The van der Waals surface area contributed by atoms with Crippen LogP contribution >= 0.6 is 11.8 Å². The van der Waals surface area contributed by atoms with E-state index in [1.807, 2.05) is 0 Å². The van der Waals surface area contributed by atoms with E-state index in [1.165, 1.54) is 9.21 Å². The Bertz CT molecular complexity index is 1010. The molecule has 4 aliphatic heterocycles. The van der Waals surface area contributed by atoms with Crippen LogP contribution in [0.15, 0.2) is 17.0 Å². The summed E-state index contributed by atoms with van der Waals surface area (Å²) in [5.74, 6) is -0.0149. The molecule has 28 heavy (non-hydrogen) atoms. The smallest absolute Gasteiger partial charge is 0.289 e. The summed E-state index contributed by atoms with van der Waals surface area (Å²) in [5.41, 5.74) is 2.70. The molecule has 1 aromatic rings. The largest absolute Gasteiger partial charge is 0.312 e. The van der Waals surface area contributed by atoms with Gasteiger partial charge in [-0.3, -0.25) is 19.3 Å². The van der Waals surface area contributed by atoms with Gasteiger partial charge in [-0.25, -0.2) is 8.42 Å². The Morgan fingerprint density at radius 1 is 0.964 bits per heavy atom. The van der Waals surface area contributed by atoms with E-state index in [1.54, 1.807) is 17.0 Å². The highest BCUT2D eigenvalue weighted by Gasteiger charge is 2.43. The highest BCUT2D eigenvalue weighted by Crippen LogP contribution is 2.39. The average molecular weight is 422 g/mol. The number of amides is 3. The number of hydrogen-bond acceptors (Lipinski definition) is 6. The Kier molecular flexibility index (Phi) is 4.08. The van der Waals surface area contributed by atoms with Crippen LogP contribution in [0.3, 0.4) is 0 Å². The van der Waals surface area contributed by atoms with E-state index >= 15 is 0 Å². The number of thioether (sulfide) groups is 1. The van der Waals surface area contributed by atoms with E-state index in [2.05, 4.69) is 0 Å². The van der Waals surface area contributed by atoms with Gasteiger partial charge in [-0.1, -0.05) is 11.8 Å². The minimum atomic E-state index is -3.72. The molecule has 0 spiro atoms. The molecule has 0 aromatic heterocycles. The maximum atomic E-state index is 13.2. The molecule has 4 aliphatic rings. The Balaban J connectivity index is 1.44. The van der Waals surface area contributed by atoms with E-state index < -0.39 is 16.1 Å². The van der Waals surface area contributed by atoms with Crippen LogP contribution in [0.4, 0.5) is 10.5 Å². The second-order valence-electron chi connectivity index (χ2n) is 7.51. The fourth-order valence-electron chi connectivity index (χ4n) is 4.58. The van der Waals surface area contributed by atoms with E-state index in [0.717, 1.165) is 28.6 Å². The normalized spacial score (nSPS) is 25.1. The number of benzene rings is 1. The summed E-state index contributed by atoms with van der Waals surface area (Å²) in [6.45, 7) is 1.02. The lowest BCUT2D eigenvalue weighted by atomic mass is 10.00. The summed E-state index contributed by atoms with van der Waals surface area (Å²) in [6.07, 6.45) is 2.07. The molecule has 10 heteroatoms. The van der Waals surface area contributed by atoms with Gasteiger partial charge in [-0.15, -0.1) is 0 Å². The summed E-state index contributed by atoms with van der Waals surface area (Å²) in [6, 6.07) is 2.97. The van der Waals surface area contributed by atoms with Crippen LogP contribution in [0.2, 0.25) is 0 Å². The molecule has 0 radical (unpaired) electrons. The van der Waals surface area contributed by atoms with Crippen LogP contribution < -0.4 is 4.90 Å². The van der Waals surface area contributed by atoms with E-state index in [0.29, 0.717) is 32.2 Å². The number of imide groups is 1. The summed E-state index contributed by atoms with van der Waals surface area (Å²) in [7, 11) is -3.72. The number of sulfonamides is 1. The highest BCUT2D eigenvalue weighted by molar-refractivity contribution is 8.14. The van der Waals surface area contributed by atoms with Crippen molar-refractivity contribution >= 4 is 44.5 Å². The number of aryl methyl sites for hydroxylation is 1. The van der Waals surface area contributed by atoms with Crippen molar-refractivity contribution in [3.63, 3.8) is 0 Å². The van der Waals surface area contributed by atoms with Gasteiger partial charge >= 0.3 is 0 Å². The monoisotopic (exact) mass is 421 g/mol. The standard InChI is InChI=1S/C18H19N3O5S2/c22-15-2-1-11-7-14(8-12-3-6-20(15)17(11)12)28(25,26)19-5-4-13(9-19)21-16(23)10-27-18(21)24/h7-8,13H,1-6,9-10H2. The van der Waals surface area contributed by atoms with Gasteiger partial charge in [0.15, 0.2) is 0 Å². The molecular formula is C18H19N3O5S2. The van der Waals surface area contributed by atoms with Gasteiger partial charge < -0.3 is 4.90 Å². The lowest BCUT2D eigenvalue weighted by molar-refractivity contribution is -0.126. The first-order chi connectivity index (χ1) is 13.4. The summed E-state index contributed by atoms with van der Waals surface area (Å²) >= 11 is 0.968. The average Bonchev–Trinajstić information content (AvgIpc) is 3.38. The third-order valence-electron chi connectivity index (χ3n) is 5.94. The van der Waals surface area contributed by atoms with Crippen molar-refractivity contribution in [1.82, 2.24) is 9.21 Å². The molecule has 148 valence electrons. The van der Waals surface area contributed by atoms with Crippen molar-refractivity contribution in [2.24, 2.45) is 0 Å². The molecule has 0 bridgehead atoms. The maximum absolute atomic E-state index is 13.2. The number of rotatable bonds is 3. The van der Waals surface area contributed by atoms with E-state index in [-0.39, 0.29) is 40.8 Å².